The lowest BCUT2D eigenvalue weighted by Crippen LogP contribution is -2.29. The van der Waals surface area contributed by atoms with Crippen LogP contribution in [0.1, 0.15) is 322 Å². The molecule has 0 rings (SSSR count). The maximum absolute atomic E-state index is 12.7. The van der Waals surface area contributed by atoms with Gasteiger partial charge in [0.15, 0.2) is 6.10 Å². The fourth-order valence-electron chi connectivity index (χ4n) is 9.30. The molecule has 0 bridgehead atoms. The predicted molar refractivity (Wildman–Crippen MR) is 312 cm³/mol. The van der Waals surface area contributed by atoms with Gasteiger partial charge in [-0.25, -0.2) is 4.57 Å². The summed E-state index contributed by atoms with van der Waals surface area (Å²) in [5, 5.41) is 0. The number of carbonyl (C=O) groups is 2. The van der Waals surface area contributed by atoms with Crippen LogP contribution < -0.4 is 5.73 Å². The van der Waals surface area contributed by atoms with Gasteiger partial charge in [-0.05, 0) is 64.2 Å². The molecule has 0 aromatic rings. The first-order valence-electron chi connectivity index (χ1n) is 31.5. The van der Waals surface area contributed by atoms with Crippen LogP contribution in [-0.2, 0) is 32.7 Å². The molecule has 0 aliphatic carbocycles. The molecule has 73 heavy (non-hydrogen) atoms. The molecule has 3 N–H and O–H groups in total. The van der Waals surface area contributed by atoms with Crippen molar-refractivity contribution < 1.29 is 37.6 Å². The Morgan fingerprint density at radius 2 is 0.726 bits per heavy atom. The lowest BCUT2D eigenvalue weighted by atomic mass is 10.0. The zero-order valence-electron chi connectivity index (χ0n) is 48.1. The van der Waals surface area contributed by atoms with Crippen molar-refractivity contribution in [3.63, 3.8) is 0 Å². The van der Waals surface area contributed by atoms with E-state index in [1.54, 1.807) is 0 Å². The second-order valence-electron chi connectivity index (χ2n) is 21.3. The Labute approximate surface area is 452 Å². The number of esters is 2. The Bertz CT molecular complexity index is 1290. The molecule has 0 aromatic heterocycles. The first-order valence-corrected chi connectivity index (χ1v) is 33.0. The second kappa shape index (κ2) is 59.5. The van der Waals surface area contributed by atoms with Crippen LogP contribution in [0.2, 0.25) is 0 Å². The van der Waals surface area contributed by atoms with Gasteiger partial charge in [-0.3, -0.25) is 18.6 Å². The molecule has 0 aliphatic heterocycles. The zero-order valence-corrected chi connectivity index (χ0v) is 49.0. The summed E-state index contributed by atoms with van der Waals surface area (Å²) in [6, 6.07) is 0. The number of phosphoric acid groups is 1. The molecule has 0 spiro atoms. The van der Waals surface area contributed by atoms with Crippen LogP contribution in [0, 0.1) is 0 Å². The molecule has 0 saturated heterocycles. The number of rotatable bonds is 60. The molecular formula is C63H120NO8P. The van der Waals surface area contributed by atoms with Crippen molar-refractivity contribution in [2.24, 2.45) is 5.73 Å². The first kappa shape index (κ1) is 71.2. The Balaban J connectivity index is 3.67. The fourth-order valence-corrected chi connectivity index (χ4v) is 10.1. The van der Waals surface area contributed by atoms with E-state index in [4.69, 9.17) is 24.3 Å². The van der Waals surface area contributed by atoms with E-state index < -0.39 is 26.5 Å². The van der Waals surface area contributed by atoms with Gasteiger partial charge in [0, 0.05) is 19.4 Å². The molecule has 0 fully saturated rings. The molecule has 430 valence electrons. The number of allylic oxidation sites excluding steroid dienone is 6. The molecule has 2 unspecified atom stereocenters. The van der Waals surface area contributed by atoms with E-state index in [-0.39, 0.29) is 38.6 Å². The van der Waals surface area contributed by atoms with Gasteiger partial charge >= 0.3 is 19.8 Å². The minimum atomic E-state index is -4.38. The summed E-state index contributed by atoms with van der Waals surface area (Å²) in [4.78, 5) is 35.0. The highest BCUT2D eigenvalue weighted by molar-refractivity contribution is 7.47. The van der Waals surface area contributed by atoms with Crippen LogP contribution in [0.15, 0.2) is 36.5 Å². The maximum atomic E-state index is 12.7. The number of nitrogens with two attached hydrogens (primary N) is 1. The van der Waals surface area contributed by atoms with Crippen LogP contribution in [0.25, 0.3) is 0 Å². The van der Waals surface area contributed by atoms with E-state index in [2.05, 4.69) is 50.3 Å². The molecule has 0 aromatic carbocycles. The molecule has 0 aliphatic rings. The number of hydrogen-bond acceptors (Lipinski definition) is 8. The van der Waals surface area contributed by atoms with Gasteiger partial charge < -0.3 is 20.1 Å². The van der Waals surface area contributed by atoms with E-state index in [9.17, 15) is 19.0 Å². The van der Waals surface area contributed by atoms with Gasteiger partial charge in [-0.15, -0.1) is 0 Å². The van der Waals surface area contributed by atoms with Gasteiger partial charge in [-0.2, -0.15) is 0 Å². The van der Waals surface area contributed by atoms with Crippen molar-refractivity contribution in [2.75, 3.05) is 26.4 Å². The predicted octanol–water partition coefficient (Wildman–Crippen LogP) is 20.0. The van der Waals surface area contributed by atoms with E-state index in [1.165, 1.54) is 225 Å². The first-order chi connectivity index (χ1) is 35.8. The number of hydrogen-bond donors (Lipinski definition) is 2. The van der Waals surface area contributed by atoms with Gasteiger partial charge in [-0.1, -0.05) is 281 Å². The molecule has 0 heterocycles. The third kappa shape index (κ3) is 59.3. The standard InChI is InChI=1S/C63H120NO8P/c1-3-5-7-9-11-13-15-16-17-18-19-20-21-22-23-24-25-26-27-28-29-30-31-32-33-34-35-36-37-38-39-40-41-42-43-44-46-48-50-52-54-56-63(66)72-61(60-71-73(67,68)70-58-57-64)59-69-62(65)55-53-51-49-47-45-14-12-10-8-6-4-2/h10,12,15-16,18-19,61H,3-9,11,13-14,17,20-60,64H2,1-2H3,(H,67,68)/b12-10-,16-15-,19-18-. The van der Waals surface area contributed by atoms with Crippen LogP contribution in [0.5, 0.6) is 0 Å². The van der Waals surface area contributed by atoms with Crippen molar-refractivity contribution in [1.29, 1.82) is 0 Å². The Kier molecular flexibility index (Phi) is 58.0. The van der Waals surface area contributed by atoms with Crippen molar-refractivity contribution in [3.8, 4) is 0 Å². The van der Waals surface area contributed by atoms with E-state index >= 15 is 0 Å². The summed E-state index contributed by atoms with van der Waals surface area (Å²) in [5.74, 6) is -0.826. The number of unbranched alkanes of at least 4 members (excludes halogenated alkanes) is 41. The van der Waals surface area contributed by atoms with Crippen molar-refractivity contribution in [2.45, 2.75) is 328 Å². The number of carbonyl (C=O) groups excluding carboxylic acids is 2. The SMILES string of the molecule is CCCC/C=C\CCCCCCCC(=O)OCC(COP(=O)(O)OCCN)OC(=O)CCCCCCCCCCCCCCCCCCCCCCCCCCCCCCC/C=C\C/C=C\CCCCCCC. The second-order valence-corrected chi connectivity index (χ2v) is 22.7. The summed E-state index contributed by atoms with van der Waals surface area (Å²) in [6.45, 7) is 3.72. The Morgan fingerprint density at radius 3 is 1.10 bits per heavy atom. The van der Waals surface area contributed by atoms with Gasteiger partial charge in [0.05, 0.1) is 13.2 Å². The van der Waals surface area contributed by atoms with E-state index in [1.807, 2.05) is 0 Å². The molecule has 0 amide bonds. The average molecular weight is 1050 g/mol. The summed E-state index contributed by atoms with van der Waals surface area (Å²) >= 11 is 0. The number of ether oxygens (including phenoxy) is 2. The lowest BCUT2D eigenvalue weighted by molar-refractivity contribution is -0.161. The van der Waals surface area contributed by atoms with Crippen LogP contribution >= 0.6 is 7.82 Å². The maximum Gasteiger partial charge on any atom is 0.472 e. The summed E-state index contributed by atoms with van der Waals surface area (Å²) in [6.07, 6.45) is 72.6. The molecule has 9 nitrogen and oxygen atoms in total. The molecule has 2 atom stereocenters. The minimum absolute atomic E-state index is 0.0543. The smallest absolute Gasteiger partial charge is 0.462 e. The third-order valence-electron chi connectivity index (χ3n) is 14.0. The average Bonchev–Trinajstić information content (AvgIpc) is 3.38. The highest BCUT2D eigenvalue weighted by Gasteiger charge is 2.26. The summed E-state index contributed by atoms with van der Waals surface area (Å²) < 4.78 is 32.9. The lowest BCUT2D eigenvalue weighted by Gasteiger charge is -2.19. The quantitative estimate of drug-likeness (QED) is 0.0264. The normalized spacial score (nSPS) is 13.2. The Hall–Kier alpha value is -1.77. The minimum Gasteiger partial charge on any atom is -0.462 e. The highest BCUT2D eigenvalue weighted by atomic mass is 31.2. The summed E-state index contributed by atoms with van der Waals surface area (Å²) in [5.41, 5.74) is 5.37. The monoisotopic (exact) mass is 1050 g/mol. The fraction of sp³-hybridized carbons (Fsp3) is 0.873. The van der Waals surface area contributed by atoms with Gasteiger partial charge in [0.25, 0.3) is 0 Å². The largest absolute Gasteiger partial charge is 0.472 e. The van der Waals surface area contributed by atoms with Crippen molar-refractivity contribution in [3.05, 3.63) is 36.5 Å². The van der Waals surface area contributed by atoms with Crippen LogP contribution in [-0.4, -0.2) is 49.3 Å². The topological polar surface area (TPSA) is 134 Å². The third-order valence-corrected chi connectivity index (χ3v) is 15.0. The zero-order chi connectivity index (χ0) is 53.1. The highest BCUT2D eigenvalue weighted by Crippen LogP contribution is 2.43. The Morgan fingerprint density at radius 1 is 0.411 bits per heavy atom. The molecule has 0 saturated carbocycles. The van der Waals surface area contributed by atoms with E-state index in [0.29, 0.717) is 6.42 Å². The van der Waals surface area contributed by atoms with Crippen LogP contribution in [0.3, 0.4) is 0 Å². The number of phosphoric ester groups is 1. The molecule has 10 heteroatoms. The van der Waals surface area contributed by atoms with Crippen molar-refractivity contribution in [1.82, 2.24) is 0 Å². The van der Waals surface area contributed by atoms with Gasteiger partial charge in [0.2, 0.25) is 0 Å². The van der Waals surface area contributed by atoms with Crippen LogP contribution in [0.4, 0.5) is 0 Å². The molecule has 0 radical (unpaired) electrons. The molecular weight excluding hydrogens is 930 g/mol. The summed E-state index contributed by atoms with van der Waals surface area (Å²) in [7, 11) is -4.38. The van der Waals surface area contributed by atoms with Crippen molar-refractivity contribution >= 4 is 19.8 Å². The van der Waals surface area contributed by atoms with Gasteiger partial charge in [0.1, 0.15) is 6.61 Å². The van der Waals surface area contributed by atoms with E-state index in [0.717, 1.165) is 64.2 Å².